The molecule has 0 atom stereocenters. The van der Waals surface area contributed by atoms with Gasteiger partial charge in [0.1, 0.15) is 5.75 Å². The molecule has 0 unspecified atom stereocenters. The molecule has 0 fully saturated rings. The summed E-state index contributed by atoms with van der Waals surface area (Å²) in [5.41, 5.74) is 0.563. The van der Waals surface area contributed by atoms with Crippen molar-refractivity contribution in [1.29, 1.82) is 0 Å². The Morgan fingerprint density at radius 1 is 1.14 bits per heavy atom. The molecular formula is C17H15NO2S. The highest BCUT2D eigenvalue weighted by Gasteiger charge is 2.13. The Kier molecular flexibility index (Phi) is 3.88. The first-order valence-electron chi connectivity index (χ1n) is 6.65. The van der Waals surface area contributed by atoms with Crippen molar-refractivity contribution >= 4 is 28.0 Å². The second-order valence-electron chi connectivity index (χ2n) is 4.66. The molecule has 0 saturated heterocycles. The number of hydrogen-bond acceptors (Lipinski definition) is 3. The van der Waals surface area contributed by atoms with Crippen molar-refractivity contribution in [2.75, 3.05) is 7.11 Å². The number of carbonyl (C=O) groups excluding carboxylic acids is 1. The molecule has 0 radical (unpaired) electrons. The van der Waals surface area contributed by atoms with Crippen LogP contribution in [0, 0.1) is 0 Å². The summed E-state index contributed by atoms with van der Waals surface area (Å²) in [5.74, 6) is 0.475. The predicted molar refractivity (Wildman–Crippen MR) is 86.0 cm³/mol. The van der Waals surface area contributed by atoms with E-state index in [1.165, 1.54) is 0 Å². The van der Waals surface area contributed by atoms with Crippen LogP contribution in [-0.2, 0) is 6.54 Å². The fourth-order valence-corrected chi connectivity index (χ4v) is 2.89. The summed E-state index contributed by atoms with van der Waals surface area (Å²) >= 11 is 1.63. The van der Waals surface area contributed by atoms with Crippen LogP contribution in [0.4, 0.5) is 0 Å². The van der Waals surface area contributed by atoms with E-state index >= 15 is 0 Å². The molecule has 0 bridgehead atoms. The van der Waals surface area contributed by atoms with Crippen molar-refractivity contribution in [3.05, 3.63) is 64.4 Å². The smallest absolute Gasteiger partial charge is 0.255 e. The van der Waals surface area contributed by atoms with E-state index in [9.17, 15) is 4.79 Å². The van der Waals surface area contributed by atoms with Crippen molar-refractivity contribution in [2.45, 2.75) is 6.54 Å². The van der Waals surface area contributed by atoms with Crippen LogP contribution in [0.25, 0.3) is 10.8 Å². The number of carbonyl (C=O) groups is 1. The van der Waals surface area contributed by atoms with Gasteiger partial charge in [-0.25, -0.2) is 0 Å². The van der Waals surface area contributed by atoms with Gasteiger partial charge in [-0.15, -0.1) is 11.3 Å². The van der Waals surface area contributed by atoms with Gasteiger partial charge >= 0.3 is 0 Å². The largest absolute Gasteiger partial charge is 0.496 e. The quantitative estimate of drug-likeness (QED) is 0.794. The van der Waals surface area contributed by atoms with Crippen LogP contribution in [0.5, 0.6) is 5.75 Å². The maximum Gasteiger partial charge on any atom is 0.255 e. The number of amides is 1. The zero-order chi connectivity index (χ0) is 14.7. The lowest BCUT2D eigenvalue weighted by atomic mass is 10.1. The first kappa shape index (κ1) is 13.6. The highest BCUT2D eigenvalue weighted by atomic mass is 32.1. The Morgan fingerprint density at radius 3 is 2.57 bits per heavy atom. The molecule has 2 aromatic carbocycles. The van der Waals surface area contributed by atoms with E-state index in [0.717, 1.165) is 15.6 Å². The van der Waals surface area contributed by atoms with E-state index in [-0.39, 0.29) is 5.91 Å². The molecule has 106 valence electrons. The van der Waals surface area contributed by atoms with Gasteiger partial charge in [0.05, 0.1) is 19.2 Å². The minimum atomic E-state index is -0.119. The van der Waals surface area contributed by atoms with E-state index in [1.54, 1.807) is 18.4 Å². The number of fused-ring (bicyclic) bond motifs is 1. The molecule has 0 saturated carbocycles. The molecule has 1 amide bonds. The van der Waals surface area contributed by atoms with Crippen LogP contribution in [0.3, 0.4) is 0 Å². The van der Waals surface area contributed by atoms with Gasteiger partial charge in [0.15, 0.2) is 0 Å². The van der Waals surface area contributed by atoms with Crippen molar-refractivity contribution < 1.29 is 9.53 Å². The lowest BCUT2D eigenvalue weighted by Crippen LogP contribution is -2.22. The van der Waals surface area contributed by atoms with Crippen LogP contribution in [-0.4, -0.2) is 13.0 Å². The average Bonchev–Trinajstić information content (AvgIpc) is 3.04. The topological polar surface area (TPSA) is 38.3 Å². The molecule has 21 heavy (non-hydrogen) atoms. The first-order valence-corrected chi connectivity index (χ1v) is 7.53. The Bertz CT molecular complexity index is 766. The molecule has 3 rings (SSSR count). The van der Waals surface area contributed by atoms with E-state index < -0.39 is 0 Å². The van der Waals surface area contributed by atoms with Gasteiger partial charge in [0, 0.05) is 4.88 Å². The fraction of sp³-hybridized carbons (Fsp3) is 0.118. The fourth-order valence-electron chi connectivity index (χ4n) is 2.24. The summed E-state index contributed by atoms with van der Waals surface area (Å²) in [6.45, 7) is 0.534. The van der Waals surface area contributed by atoms with Crippen LogP contribution in [0.15, 0.2) is 53.9 Å². The summed E-state index contributed by atoms with van der Waals surface area (Å²) in [4.78, 5) is 13.5. The highest BCUT2D eigenvalue weighted by Crippen LogP contribution is 2.26. The predicted octanol–water partition coefficient (Wildman–Crippen LogP) is 3.84. The average molecular weight is 297 g/mol. The van der Waals surface area contributed by atoms with Gasteiger partial charge in [-0.2, -0.15) is 0 Å². The SMILES string of the molecule is COc1cc2ccccc2cc1C(=O)NCc1cccs1. The van der Waals surface area contributed by atoms with Gasteiger partial charge in [-0.1, -0.05) is 30.3 Å². The number of nitrogens with one attached hydrogen (secondary N) is 1. The van der Waals surface area contributed by atoms with Crippen molar-refractivity contribution in [1.82, 2.24) is 5.32 Å². The molecule has 3 nitrogen and oxygen atoms in total. The molecule has 1 N–H and O–H groups in total. The molecule has 3 aromatic rings. The van der Waals surface area contributed by atoms with E-state index in [2.05, 4.69) is 5.32 Å². The minimum absolute atomic E-state index is 0.119. The van der Waals surface area contributed by atoms with Crippen molar-refractivity contribution in [3.63, 3.8) is 0 Å². The molecular weight excluding hydrogens is 282 g/mol. The summed E-state index contributed by atoms with van der Waals surface area (Å²) in [6.07, 6.45) is 0. The summed E-state index contributed by atoms with van der Waals surface area (Å²) in [7, 11) is 1.58. The summed E-state index contributed by atoms with van der Waals surface area (Å²) in [5, 5.41) is 7.02. The van der Waals surface area contributed by atoms with E-state index in [0.29, 0.717) is 17.9 Å². The van der Waals surface area contributed by atoms with Crippen LogP contribution < -0.4 is 10.1 Å². The minimum Gasteiger partial charge on any atom is -0.496 e. The summed E-state index contributed by atoms with van der Waals surface area (Å²) < 4.78 is 5.35. The molecule has 1 aromatic heterocycles. The number of hydrogen-bond donors (Lipinski definition) is 1. The molecule has 0 aliphatic carbocycles. The molecule has 0 spiro atoms. The number of ether oxygens (including phenoxy) is 1. The Balaban J connectivity index is 1.89. The zero-order valence-electron chi connectivity index (χ0n) is 11.6. The summed E-state index contributed by atoms with van der Waals surface area (Å²) in [6, 6.07) is 15.7. The Hall–Kier alpha value is -2.33. The van der Waals surface area contributed by atoms with E-state index in [4.69, 9.17) is 4.74 Å². The molecule has 0 aliphatic rings. The Labute approximate surface area is 127 Å². The van der Waals surface area contributed by atoms with Gasteiger partial charge in [0.2, 0.25) is 0 Å². The Morgan fingerprint density at radius 2 is 1.90 bits per heavy atom. The standard InChI is InChI=1S/C17H15NO2S/c1-20-16-10-13-6-3-2-5-12(13)9-15(16)17(19)18-11-14-7-4-8-21-14/h2-10H,11H2,1H3,(H,18,19). The highest BCUT2D eigenvalue weighted by molar-refractivity contribution is 7.09. The lowest BCUT2D eigenvalue weighted by Gasteiger charge is -2.10. The van der Waals surface area contributed by atoms with Gasteiger partial charge in [0.25, 0.3) is 5.91 Å². The van der Waals surface area contributed by atoms with Gasteiger partial charge < -0.3 is 10.1 Å². The lowest BCUT2D eigenvalue weighted by molar-refractivity contribution is 0.0948. The third-order valence-electron chi connectivity index (χ3n) is 3.32. The maximum absolute atomic E-state index is 12.4. The molecule has 0 aliphatic heterocycles. The number of thiophene rings is 1. The second kappa shape index (κ2) is 5.97. The maximum atomic E-state index is 12.4. The second-order valence-corrected chi connectivity index (χ2v) is 5.69. The van der Waals surface area contributed by atoms with Crippen molar-refractivity contribution in [3.8, 4) is 5.75 Å². The third-order valence-corrected chi connectivity index (χ3v) is 4.19. The van der Waals surface area contributed by atoms with Crippen LogP contribution >= 0.6 is 11.3 Å². The van der Waals surface area contributed by atoms with Gasteiger partial charge in [-0.05, 0) is 34.4 Å². The van der Waals surface area contributed by atoms with Crippen molar-refractivity contribution in [2.24, 2.45) is 0 Å². The number of rotatable bonds is 4. The number of methoxy groups -OCH3 is 1. The van der Waals surface area contributed by atoms with Crippen LogP contribution in [0.1, 0.15) is 15.2 Å². The third kappa shape index (κ3) is 2.90. The molecule has 1 heterocycles. The van der Waals surface area contributed by atoms with E-state index in [1.807, 2.05) is 53.9 Å². The molecule has 4 heteroatoms. The normalized spacial score (nSPS) is 10.5. The number of benzene rings is 2. The van der Waals surface area contributed by atoms with Gasteiger partial charge in [-0.3, -0.25) is 4.79 Å². The zero-order valence-corrected chi connectivity index (χ0v) is 12.4. The first-order chi connectivity index (χ1) is 10.3. The monoisotopic (exact) mass is 297 g/mol. The van der Waals surface area contributed by atoms with Crippen LogP contribution in [0.2, 0.25) is 0 Å².